The number of unbranched alkanes of at least 4 members (excludes halogenated alkanes) is 10. The van der Waals surface area contributed by atoms with Gasteiger partial charge in [-0.3, -0.25) is 0 Å². The summed E-state index contributed by atoms with van der Waals surface area (Å²) in [7, 11) is 0. The van der Waals surface area contributed by atoms with Crippen molar-refractivity contribution >= 4 is 21.5 Å². The molecule has 5 rings (SSSR count). The van der Waals surface area contributed by atoms with Gasteiger partial charge in [0.15, 0.2) is 0 Å². The van der Waals surface area contributed by atoms with E-state index in [0.717, 1.165) is 70.2 Å². The standard InChI is InChI=1S/C38H46N2O3/c1-3-5-7-9-11-13-23-41-35-21-19-29-25-33(17-15-31(29)27-35)37-39-40-38(43-37)34-18-16-32-28-36(22-20-30(32)26-34)42-24-14-12-10-8-6-4-2/h15-22,25-28H,3-14,23-24H2,1-2H3. The lowest BCUT2D eigenvalue weighted by atomic mass is 10.1. The maximum absolute atomic E-state index is 6.13. The van der Waals surface area contributed by atoms with Crippen LogP contribution in [0.5, 0.6) is 11.5 Å². The Hall–Kier alpha value is -3.86. The van der Waals surface area contributed by atoms with Gasteiger partial charge in [-0.2, -0.15) is 0 Å². The highest BCUT2D eigenvalue weighted by atomic mass is 16.5. The van der Waals surface area contributed by atoms with E-state index in [4.69, 9.17) is 13.9 Å². The van der Waals surface area contributed by atoms with E-state index < -0.39 is 0 Å². The summed E-state index contributed by atoms with van der Waals surface area (Å²) in [6.45, 7) is 6.03. The summed E-state index contributed by atoms with van der Waals surface area (Å²) in [5.74, 6) is 2.86. The predicted octanol–water partition coefficient (Wildman–Crippen LogP) is 11.2. The van der Waals surface area contributed by atoms with Gasteiger partial charge in [0, 0.05) is 11.1 Å². The molecule has 0 atom stereocenters. The van der Waals surface area contributed by atoms with Gasteiger partial charge >= 0.3 is 0 Å². The molecule has 0 radical (unpaired) electrons. The molecule has 0 amide bonds. The molecular formula is C38H46N2O3. The van der Waals surface area contributed by atoms with Gasteiger partial charge in [-0.05, 0) is 82.9 Å². The molecular weight excluding hydrogens is 532 g/mol. The lowest BCUT2D eigenvalue weighted by molar-refractivity contribution is 0.304. The molecule has 5 nitrogen and oxygen atoms in total. The van der Waals surface area contributed by atoms with E-state index >= 15 is 0 Å². The molecule has 0 aliphatic heterocycles. The summed E-state index contributed by atoms with van der Waals surface area (Å²) < 4.78 is 18.2. The zero-order valence-corrected chi connectivity index (χ0v) is 25.9. The van der Waals surface area contributed by atoms with E-state index in [0.29, 0.717) is 11.8 Å². The third-order valence-electron chi connectivity index (χ3n) is 8.08. The van der Waals surface area contributed by atoms with Gasteiger partial charge in [0.1, 0.15) is 11.5 Å². The minimum atomic E-state index is 0.513. The minimum Gasteiger partial charge on any atom is -0.494 e. The van der Waals surface area contributed by atoms with E-state index in [1.54, 1.807) is 0 Å². The quantitative estimate of drug-likeness (QED) is 0.0968. The number of hydrogen-bond donors (Lipinski definition) is 0. The summed E-state index contributed by atoms with van der Waals surface area (Å²) in [6, 6.07) is 24.9. The number of hydrogen-bond acceptors (Lipinski definition) is 5. The van der Waals surface area contributed by atoms with Crippen LogP contribution in [-0.4, -0.2) is 23.4 Å². The van der Waals surface area contributed by atoms with Crippen molar-refractivity contribution in [1.82, 2.24) is 10.2 Å². The smallest absolute Gasteiger partial charge is 0.248 e. The normalized spacial score (nSPS) is 11.4. The van der Waals surface area contributed by atoms with Crippen molar-refractivity contribution in [2.45, 2.75) is 90.9 Å². The zero-order valence-electron chi connectivity index (χ0n) is 25.9. The van der Waals surface area contributed by atoms with Crippen LogP contribution in [0.1, 0.15) is 90.9 Å². The number of nitrogens with zero attached hydrogens (tertiary/aromatic N) is 2. The lowest BCUT2D eigenvalue weighted by Crippen LogP contribution is -1.97. The Kier molecular flexibility index (Phi) is 11.5. The molecule has 1 heterocycles. The van der Waals surface area contributed by atoms with E-state index in [9.17, 15) is 0 Å². The maximum atomic E-state index is 6.13. The molecule has 0 bridgehead atoms. The van der Waals surface area contributed by atoms with Gasteiger partial charge in [-0.25, -0.2) is 0 Å². The zero-order chi connectivity index (χ0) is 29.7. The summed E-state index contributed by atoms with van der Waals surface area (Å²) in [5, 5.41) is 13.2. The molecule has 0 spiro atoms. The topological polar surface area (TPSA) is 57.4 Å². The molecule has 0 N–H and O–H groups in total. The Morgan fingerprint density at radius 3 is 1.33 bits per heavy atom. The molecule has 5 heteroatoms. The van der Waals surface area contributed by atoms with E-state index in [1.807, 2.05) is 24.3 Å². The molecule has 43 heavy (non-hydrogen) atoms. The number of rotatable bonds is 18. The van der Waals surface area contributed by atoms with Crippen molar-refractivity contribution in [3.63, 3.8) is 0 Å². The summed E-state index contributed by atoms with van der Waals surface area (Å²) in [6.07, 6.45) is 15.2. The van der Waals surface area contributed by atoms with Crippen LogP contribution < -0.4 is 9.47 Å². The van der Waals surface area contributed by atoms with E-state index in [2.05, 4.69) is 72.6 Å². The van der Waals surface area contributed by atoms with Crippen LogP contribution in [-0.2, 0) is 0 Å². The molecule has 0 fully saturated rings. The Morgan fingerprint density at radius 1 is 0.465 bits per heavy atom. The maximum Gasteiger partial charge on any atom is 0.248 e. The van der Waals surface area contributed by atoms with Gasteiger partial charge in [-0.1, -0.05) is 102 Å². The number of benzene rings is 4. The Balaban J connectivity index is 1.17. The average Bonchev–Trinajstić information content (AvgIpc) is 3.54. The highest BCUT2D eigenvalue weighted by Gasteiger charge is 2.12. The van der Waals surface area contributed by atoms with Gasteiger partial charge in [0.05, 0.1) is 13.2 Å². The van der Waals surface area contributed by atoms with Gasteiger partial charge < -0.3 is 13.9 Å². The van der Waals surface area contributed by atoms with Crippen LogP contribution in [0.4, 0.5) is 0 Å². The fourth-order valence-electron chi connectivity index (χ4n) is 5.49. The van der Waals surface area contributed by atoms with Gasteiger partial charge in [0.25, 0.3) is 0 Å². The summed E-state index contributed by atoms with van der Waals surface area (Å²) in [5.41, 5.74) is 1.81. The van der Waals surface area contributed by atoms with Crippen LogP contribution in [0.3, 0.4) is 0 Å². The molecule has 0 unspecified atom stereocenters. The molecule has 0 aliphatic rings. The first-order valence-corrected chi connectivity index (χ1v) is 16.4. The van der Waals surface area contributed by atoms with Crippen LogP contribution >= 0.6 is 0 Å². The summed E-state index contributed by atoms with van der Waals surface area (Å²) >= 11 is 0. The Bertz CT molecular complexity index is 1460. The third-order valence-corrected chi connectivity index (χ3v) is 8.08. The lowest BCUT2D eigenvalue weighted by Gasteiger charge is -2.08. The molecule has 0 saturated heterocycles. The van der Waals surface area contributed by atoms with Crippen LogP contribution in [0.15, 0.2) is 77.2 Å². The largest absolute Gasteiger partial charge is 0.494 e. The van der Waals surface area contributed by atoms with Crippen molar-refractivity contribution in [2.24, 2.45) is 0 Å². The third kappa shape index (κ3) is 8.82. The second kappa shape index (κ2) is 16.1. The number of aromatic nitrogens is 2. The molecule has 4 aromatic carbocycles. The Labute approximate surface area is 256 Å². The van der Waals surface area contributed by atoms with Crippen LogP contribution in [0, 0.1) is 0 Å². The molecule has 0 aliphatic carbocycles. The molecule has 0 saturated carbocycles. The molecule has 226 valence electrons. The second-order valence-electron chi connectivity index (χ2n) is 11.6. The predicted molar refractivity (Wildman–Crippen MR) is 178 cm³/mol. The van der Waals surface area contributed by atoms with Crippen LogP contribution in [0.25, 0.3) is 44.5 Å². The average molecular weight is 579 g/mol. The van der Waals surface area contributed by atoms with Gasteiger partial charge in [-0.15, -0.1) is 10.2 Å². The first-order chi connectivity index (χ1) is 21.2. The monoisotopic (exact) mass is 578 g/mol. The van der Waals surface area contributed by atoms with Crippen molar-refractivity contribution in [2.75, 3.05) is 13.2 Å². The van der Waals surface area contributed by atoms with Crippen molar-refractivity contribution < 1.29 is 13.9 Å². The second-order valence-corrected chi connectivity index (χ2v) is 11.6. The first kappa shape index (κ1) is 30.6. The minimum absolute atomic E-state index is 0.513. The fourth-order valence-corrected chi connectivity index (χ4v) is 5.49. The SMILES string of the molecule is CCCCCCCCOc1ccc2cc(-c3nnc(-c4ccc5cc(OCCCCCCCC)ccc5c4)o3)ccc2c1. The molecule has 5 aromatic rings. The van der Waals surface area contributed by atoms with Crippen molar-refractivity contribution in [3.05, 3.63) is 72.8 Å². The number of fused-ring (bicyclic) bond motifs is 2. The Morgan fingerprint density at radius 2 is 0.860 bits per heavy atom. The van der Waals surface area contributed by atoms with E-state index in [-0.39, 0.29) is 0 Å². The highest BCUT2D eigenvalue weighted by Crippen LogP contribution is 2.31. The van der Waals surface area contributed by atoms with Crippen molar-refractivity contribution in [3.8, 4) is 34.4 Å². The molecule has 1 aromatic heterocycles. The highest BCUT2D eigenvalue weighted by molar-refractivity contribution is 5.88. The van der Waals surface area contributed by atoms with Crippen molar-refractivity contribution in [1.29, 1.82) is 0 Å². The van der Waals surface area contributed by atoms with Gasteiger partial charge in [0.2, 0.25) is 11.8 Å². The first-order valence-electron chi connectivity index (χ1n) is 16.4. The number of ether oxygens (including phenoxy) is 2. The van der Waals surface area contributed by atoms with Crippen LogP contribution in [0.2, 0.25) is 0 Å². The fraction of sp³-hybridized carbons (Fsp3) is 0.421. The summed E-state index contributed by atoms with van der Waals surface area (Å²) in [4.78, 5) is 0. The van der Waals surface area contributed by atoms with E-state index in [1.165, 1.54) is 64.2 Å².